The summed E-state index contributed by atoms with van der Waals surface area (Å²) >= 11 is 0. The van der Waals surface area contributed by atoms with Crippen LogP contribution >= 0.6 is 0 Å². The van der Waals surface area contributed by atoms with Crippen LogP contribution in [0.2, 0.25) is 0 Å². The van der Waals surface area contributed by atoms with Crippen molar-refractivity contribution in [3.8, 4) is 0 Å². The third-order valence-corrected chi connectivity index (χ3v) is 10.9. The Bertz CT molecular complexity index is 1100. The maximum Gasteiger partial charge on any atom is 0.320 e. The van der Waals surface area contributed by atoms with Crippen LogP contribution in [-0.2, 0) is 39.4 Å². The zero-order chi connectivity index (χ0) is 24.9. The quantitative estimate of drug-likeness (QED) is 0.565. The molecule has 1 aromatic carbocycles. The fraction of sp³-hybridized carbons (Fsp3) is 0.692. The van der Waals surface area contributed by atoms with Crippen molar-refractivity contribution in [2.45, 2.75) is 61.5 Å². The molecule has 36 heavy (non-hydrogen) atoms. The normalized spacial score (nSPS) is 36.4. The molecule has 3 aliphatic carbocycles. The highest BCUT2D eigenvalue weighted by atomic mass is 32.2. The first-order valence-electron chi connectivity index (χ1n) is 13.2. The summed E-state index contributed by atoms with van der Waals surface area (Å²) in [4.78, 5) is 28.6. The van der Waals surface area contributed by atoms with Gasteiger partial charge in [0.2, 0.25) is 10.0 Å². The van der Waals surface area contributed by atoms with Crippen molar-refractivity contribution < 1.29 is 32.2 Å². The van der Waals surface area contributed by atoms with Crippen LogP contribution in [0.3, 0.4) is 0 Å². The second kappa shape index (κ2) is 9.38. The van der Waals surface area contributed by atoms with Crippen LogP contribution in [0.25, 0.3) is 0 Å². The fourth-order valence-electron chi connectivity index (χ4n) is 7.33. The summed E-state index contributed by atoms with van der Waals surface area (Å²) in [5.41, 5.74) is 0.218. The SMILES string of the molecule is O=C(CN1CCOCC1)OC1C2CC3C1NS(=O)(=O)C3C2C(=O)OC1(c2ccccc2)CCCCC1. The second-order valence-electron chi connectivity index (χ2n) is 10.9. The van der Waals surface area contributed by atoms with Gasteiger partial charge in [-0.05, 0) is 43.6 Å². The van der Waals surface area contributed by atoms with E-state index in [0.717, 1.165) is 37.7 Å². The number of carbonyl (C=O) groups excluding carboxylic acids is 2. The Morgan fingerprint density at radius 3 is 2.50 bits per heavy atom. The smallest absolute Gasteiger partial charge is 0.320 e. The van der Waals surface area contributed by atoms with Crippen molar-refractivity contribution in [1.82, 2.24) is 9.62 Å². The Balaban J connectivity index is 1.23. The van der Waals surface area contributed by atoms with Crippen LogP contribution in [0.5, 0.6) is 0 Å². The van der Waals surface area contributed by atoms with Gasteiger partial charge in [0.25, 0.3) is 0 Å². The lowest BCUT2D eigenvalue weighted by atomic mass is 9.78. The van der Waals surface area contributed by atoms with Crippen LogP contribution in [-0.4, -0.2) is 75.5 Å². The monoisotopic (exact) mass is 518 g/mol. The lowest BCUT2D eigenvalue weighted by molar-refractivity contribution is -0.176. The van der Waals surface area contributed by atoms with Crippen molar-refractivity contribution in [3.05, 3.63) is 35.9 Å². The van der Waals surface area contributed by atoms with Gasteiger partial charge in [-0.3, -0.25) is 14.5 Å². The summed E-state index contributed by atoms with van der Waals surface area (Å²) in [5, 5.41) is -0.828. The van der Waals surface area contributed by atoms with Gasteiger partial charge in [-0.25, -0.2) is 13.1 Å². The van der Waals surface area contributed by atoms with E-state index in [-0.39, 0.29) is 18.4 Å². The van der Waals surface area contributed by atoms with Gasteiger partial charge in [-0.1, -0.05) is 36.8 Å². The maximum absolute atomic E-state index is 13.8. The Morgan fingerprint density at radius 1 is 1.06 bits per heavy atom. The number of rotatable bonds is 6. The van der Waals surface area contributed by atoms with E-state index in [9.17, 15) is 18.0 Å². The van der Waals surface area contributed by atoms with E-state index in [1.807, 2.05) is 35.2 Å². The van der Waals surface area contributed by atoms with Crippen LogP contribution in [0.15, 0.2) is 30.3 Å². The number of carbonyl (C=O) groups is 2. The predicted molar refractivity (Wildman–Crippen MR) is 129 cm³/mol. The minimum Gasteiger partial charge on any atom is -0.459 e. The number of esters is 2. The highest BCUT2D eigenvalue weighted by Crippen LogP contribution is 2.57. The van der Waals surface area contributed by atoms with Gasteiger partial charge in [0, 0.05) is 19.0 Å². The van der Waals surface area contributed by atoms with E-state index in [1.165, 1.54) is 0 Å². The summed E-state index contributed by atoms with van der Waals surface area (Å²) in [6.07, 6.45) is 4.31. The number of benzene rings is 1. The Kier molecular flexibility index (Phi) is 6.34. The largest absolute Gasteiger partial charge is 0.459 e. The van der Waals surface area contributed by atoms with Crippen LogP contribution < -0.4 is 4.72 Å². The van der Waals surface area contributed by atoms with Gasteiger partial charge in [0.15, 0.2) is 0 Å². The molecule has 0 radical (unpaired) electrons. The molecule has 3 saturated carbocycles. The first-order chi connectivity index (χ1) is 17.4. The number of sulfonamides is 1. The first kappa shape index (κ1) is 24.3. The van der Waals surface area contributed by atoms with Gasteiger partial charge in [-0.15, -0.1) is 0 Å². The van der Waals surface area contributed by atoms with Crippen LogP contribution in [0.1, 0.15) is 44.1 Å². The molecular weight excluding hydrogens is 484 g/mol. The number of ether oxygens (including phenoxy) is 3. The summed E-state index contributed by atoms with van der Waals surface area (Å²) in [6.45, 7) is 2.58. The molecule has 5 aliphatic rings. The summed E-state index contributed by atoms with van der Waals surface area (Å²) in [5.74, 6) is -2.32. The van der Waals surface area contributed by atoms with E-state index >= 15 is 0 Å². The minimum atomic E-state index is -3.72. The third-order valence-electron chi connectivity index (χ3n) is 8.93. The number of morpholine rings is 1. The standard InChI is InChI=1S/C26H34N2O7S/c29-20(16-28-11-13-33-14-12-28)34-23-18-15-19-22(23)27-36(31,32)24(19)21(18)25(30)35-26(9-5-2-6-10-26)17-7-3-1-4-8-17/h1,3-4,7-8,18-19,21-24,27H,2,5-6,9-16H2. The van der Waals surface area contributed by atoms with Gasteiger partial charge in [-0.2, -0.15) is 0 Å². The van der Waals surface area contributed by atoms with E-state index < -0.39 is 50.9 Å². The molecular formula is C26H34N2O7S. The fourth-order valence-corrected chi connectivity index (χ4v) is 9.61. The second-order valence-corrected chi connectivity index (χ2v) is 12.8. The molecule has 6 unspecified atom stereocenters. The number of nitrogens with one attached hydrogen (secondary N) is 1. The molecule has 0 amide bonds. The third kappa shape index (κ3) is 4.15. The Labute approximate surface area is 211 Å². The van der Waals surface area contributed by atoms with E-state index in [0.29, 0.717) is 32.7 Å². The van der Waals surface area contributed by atoms with E-state index in [4.69, 9.17) is 14.2 Å². The molecule has 10 heteroatoms. The lowest BCUT2D eigenvalue weighted by Crippen LogP contribution is -2.49. The zero-order valence-corrected chi connectivity index (χ0v) is 21.2. The van der Waals surface area contributed by atoms with Crippen LogP contribution in [0.4, 0.5) is 0 Å². The Morgan fingerprint density at radius 2 is 1.78 bits per heavy atom. The zero-order valence-electron chi connectivity index (χ0n) is 20.3. The molecule has 6 atom stereocenters. The molecule has 196 valence electrons. The molecule has 1 N–H and O–H groups in total. The predicted octanol–water partition coefficient (Wildman–Crippen LogP) is 1.57. The highest BCUT2D eigenvalue weighted by molar-refractivity contribution is 7.90. The van der Waals surface area contributed by atoms with Gasteiger partial charge in [0.1, 0.15) is 11.7 Å². The summed E-state index contributed by atoms with van der Waals surface area (Å²) < 4.78 is 46.5. The van der Waals surface area contributed by atoms with E-state index in [2.05, 4.69) is 4.72 Å². The molecule has 2 heterocycles. The van der Waals surface area contributed by atoms with Crippen molar-refractivity contribution in [2.75, 3.05) is 32.8 Å². The van der Waals surface area contributed by atoms with Crippen molar-refractivity contribution in [1.29, 1.82) is 0 Å². The highest BCUT2D eigenvalue weighted by Gasteiger charge is 2.71. The minimum absolute atomic E-state index is 0.131. The average molecular weight is 519 g/mol. The topological polar surface area (TPSA) is 111 Å². The molecule has 0 aromatic heterocycles. The van der Waals surface area contributed by atoms with Gasteiger partial charge >= 0.3 is 11.9 Å². The van der Waals surface area contributed by atoms with Gasteiger partial charge < -0.3 is 14.2 Å². The maximum atomic E-state index is 13.8. The first-order valence-corrected chi connectivity index (χ1v) is 14.7. The van der Waals surface area contributed by atoms with Crippen molar-refractivity contribution in [2.24, 2.45) is 17.8 Å². The number of hydrogen-bond donors (Lipinski definition) is 1. The van der Waals surface area contributed by atoms with Crippen molar-refractivity contribution in [3.63, 3.8) is 0 Å². The Hall–Kier alpha value is -2.01. The molecule has 1 aromatic rings. The number of hydrogen-bond acceptors (Lipinski definition) is 8. The number of nitrogens with zero attached hydrogens (tertiary/aromatic N) is 1. The van der Waals surface area contributed by atoms with Gasteiger partial charge in [0.05, 0.1) is 37.0 Å². The number of fused-ring (bicyclic) bond motifs is 1. The summed E-state index contributed by atoms with van der Waals surface area (Å²) in [6, 6.07) is 9.32. The molecule has 2 bridgehead atoms. The molecule has 2 saturated heterocycles. The van der Waals surface area contributed by atoms with Crippen molar-refractivity contribution >= 4 is 22.0 Å². The van der Waals surface area contributed by atoms with E-state index in [1.54, 1.807) is 0 Å². The molecule has 9 nitrogen and oxygen atoms in total. The molecule has 0 spiro atoms. The summed E-state index contributed by atoms with van der Waals surface area (Å²) in [7, 11) is -3.72. The average Bonchev–Trinajstić information content (AvgIpc) is 3.49. The van der Waals surface area contributed by atoms with Crippen LogP contribution in [0, 0.1) is 17.8 Å². The lowest BCUT2D eigenvalue weighted by Gasteiger charge is -2.40. The molecule has 6 rings (SSSR count). The molecule has 5 fully saturated rings. The molecule has 2 aliphatic heterocycles.